The summed E-state index contributed by atoms with van der Waals surface area (Å²) in [5.74, 6) is 0.798. The molecule has 1 amide bonds. The predicted molar refractivity (Wildman–Crippen MR) is 111 cm³/mol. The lowest BCUT2D eigenvalue weighted by Gasteiger charge is -2.11. The smallest absolute Gasteiger partial charge is 0.227 e. The number of carbonyl (C=O) groups excluding carboxylic acids is 1. The van der Waals surface area contributed by atoms with Gasteiger partial charge in [-0.05, 0) is 49.6 Å². The van der Waals surface area contributed by atoms with E-state index in [-0.39, 0.29) is 18.4 Å². The molecule has 29 heavy (non-hydrogen) atoms. The van der Waals surface area contributed by atoms with Crippen molar-refractivity contribution in [1.82, 2.24) is 4.57 Å². The van der Waals surface area contributed by atoms with Gasteiger partial charge in [-0.1, -0.05) is 12.1 Å². The normalized spacial score (nSPS) is 13.3. The fourth-order valence-corrected chi connectivity index (χ4v) is 3.62. The lowest BCUT2D eigenvalue weighted by Crippen LogP contribution is -2.13. The summed E-state index contributed by atoms with van der Waals surface area (Å²) in [4.78, 5) is 12.0. The zero-order valence-corrected chi connectivity index (χ0v) is 16.2. The molecule has 0 aliphatic heterocycles. The Balaban J connectivity index is 1.73. The summed E-state index contributed by atoms with van der Waals surface area (Å²) in [6, 6.07) is 15.4. The van der Waals surface area contributed by atoms with Crippen LogP contribution in [0.5, 0.6) is 5.75 Å². The van der Waals surface area contributed by atoms with Gasteiger partial charge in [0.2, 0.25) is 5.91 Å². The largest absolute Gasteiger partial charge is 0.491 e. The summed E-state index contributed by atoms with van der Waals surface area (Å²) < 4.78 is 19.9. The van der Waals surface area contributed by atoms with E-state index in [1.165, 1.54) is 0 Å². The Kier molecular flexibility index (Phi) is 5.22. The Labute approximate surface area is 168 Å². The maximum atomic E-state index is 12.4. The molecule has 0 spiro atoms. The number of aromatic nitrogens is 1. The molecule has 3 aromatic rings. The van der Waals surface area contributed by atoms with E-state index in [1.807, 2.05) is 43.3 Å². The van der Waals surface area contributed by atoms with E-state index in [0.29, 0.717) is 17.9 Å². The average molecular weight is 391 g/mol. The first kappa shape index (κ1) is 19.0. The second kappa shape index (κ2) is 7.96. The van der Waals surface area contributed by atoms with E-state index in [2.05, 4.69) is 16.0 Å². The van der Waals surface area contributed by atoms with Gasteiger partial charge in [0.25, 0.3) is 0 Å². The van der Waals surface area contributed by atoms with E-state index in [0.717, 1.165) is 40.7 Å². The van der Waals surface area contributed by atoms with Gasteiger partial charge in [-0.25, -0.2) is 4.39 Å². The molecule has 0 bridgehead atoms. The number of alkyl halides is 1. The number of ether oxygens (including phenoxy) is 1. The zero-order valence-electron chi connectivity index (χ0n) is 16.2. The van der Waals surface area contributed by atoms with Gasteiger partial charge in [-0.3, -0.25) is 4.79 Å². The van der Waals surface area contributed by atoms with Gasteiger partial charge in [0, 0.05) is 29.6 Å². The molecule has 0 saturated heterocycles. The maximum Gasteiger partial charge on any atom is 0.227 e. The lowest BCUT2D eigenvalue weighted by molar-refractivity contribution is -0.117. The highest BCUT2D eigenvalue weighted by Gasteiger charge is 2.29. The van der Waals surface area contributed by atoms with Crippen LogP contribution in [0.3, 0.4) is 0 Å². The number of hydrogen-bond donors (Lipinski definition) is 1. The molecular formula is C23H22FN3O2. The van der Waals surface area contributed by atoms with Crippen LogP contribution in [0.15, 0.2) is 42.5 Å². The van der Waals surface area contributed by atoms with Crippen molar-refractivity contribution >= 4 is 22.5 Å². The summed E-state index contributed by atoms with van der Waals surface area (Å²) >= 11 is 0. The molecule has 0 unspecified atom stereocenters. The van der Waals surface area contributed by atoms with Crippen LogP contribution in [0.25, 0.3) is 22.2 Å². The molecule has 4 rings (SSSR count). The molecule has 1 aliphatic carbocycles. The first-order valence-electron chi connectivity index (χ1n) is 9.82. The van der Waals surface area contributed by atoms with Crippen molar-refractivity contribution in [2.45, 2.75) is 26.3 Å². The lowest BCUT2D eigenvalue weighted by atomic mass is 10.1. The van der Waals surface area contributed by atoms with E-state index in [4.69, 9.17) is 4.74 Å². The number of benzene rings is 2. The summed E-state index contributed by atoms with van der Waals surface area (Å²) in [6.07, 6.45) is 1.92. The maximum absolute atomic E-state index is 12.4. The Bertz CT molecular complexity index is 1090. The molecule has 5 nitrogen and oxygen atoms in total. The standard InChI is InChI=1S/C23H22FN3O2/c1-2-27-21-13-18(29-12-11-24)9-10-19(21)20(14-25)22(27)15-5-7-17(8-6-15)26-23(28)16-3-4-16/h5-10,13,16H,2-4,11-12H2,1H3,(H,26,28). The van der Waals surface area contributed by atoms with E-state index in [1.54, 1.807) is 6.07 Å². The van der Waals surface area contributed by atoms with Gasteiger partial charge < -0.3 is 14.6 Å². The number of nitrogens with one attached hydrogen (secondary N) is 1. The second-order valence-electron chi connectivity index (χ2n) is 7.14. The zero-order chi connectivity index (χ0) is 20.4. The van der Waals surface area contributed by atoms with Gasteiger partial charge in [-0.15, -0.1) is 0 Å². The number of anilines is 1. The van der Waals surface area contributed by atoms with Crippen LogP contribution in [0, 0.1) is 17.2 Å². The number of carbonyl (C=O) groups is 1. The van der Waals surface area contributed by atoms with Gasteiger partial charge in [0.1, 0.15) is 25.1 Å². The van der Waals surface area contributed by atoms with E-state index >= 15 is 0 Å². The SMILES string of the molecule is CCn1c(-c2ccc(NC(=O)C3CC3)cc2)c(C#N)c2ccc(OCCF)cc21. The minimum absolute atomic E-state index is 0.00431. The number of halogens is 1. The third kappa shape index (κ3) is 3.68. The monoisotopic (exact) mass is 391 g/mol. The quantitative estimate of drug-likeness (QED) is 0.623. The van der Waals surface area contributed by atoms with Crippen molar-refractivity contribution in [1.29, 1.82) is 5.26 Å². The molecular weight excluding hydrogens is 369 g/mol. The summed E-state index contributed by atoms with van der Waals surface area (Å²) in [5, 5.41) is 13.6. The highest BCUT2D eigenvalue weighted by molar-refractivity contribution is 5.96. The topological polar surface area (TPSA) is 67.0 Å². The number of aryl methyl sites for hydroxylation is 1. The molecule has 148 valence electrons. The third-order valence-electron chi connectivity index (χ3n) is 5.18. The van der Waals surface area contributed by atoms with Crippen LogP contribution in [0.1, 0.15) is 25.3 Å². The van der Waals surface area contributed by atoms with Crippen LogP contribution in [0.2, 0.25) is 0 Å². The highest BCUT2D eigenvalue weighted by Crippen LogP contribution is 2.36. The minimum Gasteiger partial charge on any atom is -0.491 e. The van der Waals surface area contributed by atoms with Crippen molar-refractivity contribution in [2.24, 2.45) is 5.92 Å². The molecule has 1 N–H and O–H groups in total. The number of fused-ring (bicyclic) bond motifs is 1. The molecule has 1 fully saturated rings. The number of rotatable bonds is 7. The molecule has 1 saturated carbocycles. The number of nitriles is 1. The van der Waals surface area contributed by atoms with Crippen molar-refractivity contribution in [3.8, 4) is 23.1 Å². The van der Waals surface area contributed by atoms with Crippen molar-refractivity contribution in [3.05, 3.63) is 48.0 Å². The Morgan fingerprint density at radius 3 is 2.66 bits per heavy atom. The Hall–Kier alpha value is -3.33. The third-order valence-corrected chi connectivity index (χ3v) is 5.18. The fourth-order valence-electron chi connectivity index (χ4n) is 3.62. The number of amides is 1. The Morgan fingerprint density at radius 2 is 2.03 bits per heavy atom. The van der Waals surface area contributed by atoms with Gasteiger partial charge >= 0.3 is 0 Å². The van der Waals surface area contributed by atoms with Crippen molar-refractivity contribution in [3.63, 3.8) is 0 Å². The van der Waals surface area contributed by atoms with Crippen LogP contribution in [-0.2, 0) is 11.3 Å². The molecule has 1 aliphatic rings. The van der Waals surface area contributed by atoms with Crippen LogP contribution in [0.4, 0.5) is 10.1 Å². The van der Waals surface area contributed by atoms with Crippen LogP contribution >= 0.6 is 0 Å². The van der Waals surface area contributed by atoms with E-state index < -0.39 is 6.67 Å². The van der Waals surface area contributed by atoms with Crippen LogP contribution in [-0.4, -0.2) is 23.8 Å². The fraction of sp³-hybridized carbons (Fsp3) is 0.304. The molecule has 0 radical (unpaired) electrons. The summed E-state index contributed by atoms with van der Waals surface area (Å²) in [7, 11) is 0. The molecule has 0 atom stereocenters. The van der Waals surface area contributed by atoms with Gasteiger partial charge in [-0.2, -0.15) is 5.26 Å². The number of hydrogen-bond acceptors (Lipinski definition) is 3. The Morgan fingerprint density at radius 1 is 1.28 bits per heavy atom. The second-order valence-corrected chi connectivity index (χ2v) is 7.14. The van der Waals surface area contributed by atoms with Gasteiger partial charge in [0.15, 0.2) is 0 Å². The van der Waals surface area contributed by atoms with Crippen molar-refractivity contribution in [2.75, 3.05) is 18.6 Å². The van der Waals surface area contributed by atoms with Gasteiger partial charge in [0.05, 0.1) is 16.8 Å². The average Bonchev–Trinajstić information content (AvgIpc) is 3.55. The van der Waals surface area contributed by atoms with Crippen LogP contribution < -0.4 is 10.1 Å². The minimum atomic E-state index is -0.550. The predicted octanol–water partition coefficient (Wildman–Crippen LogP) is 4.90. The first-order valence-corrected chi connectivity index (χ1v) is 9.82. The van der Waals surface area contributed by atoms with Crippen molar-refractivity contribution < 1.29 is 13.9 Å². The van der Waals surface area contributed by atoms with E-state index in [9.17, 15) is 14.4 Å². The number of nitrogens with zero attached hydrogens (tertiary/aromatic N) is 2. The molecule has 1 aromatic heterocycles. The summed E-state index contributed by atoms with van der Waals surface area (Å²) in [5.41, 5.74) is 3.95. The molecule has 2 aromatic carbocycles. The highest BCUT2D eigenvalue weighted by atomic mass is 19.1. The molecule has 1 heterocycles. The molecule has 6 heteroatoms. The first-order chi connectivity index (χ1) is 14.2. The summed E-state index contributed by atoms with van der Waals surface area (Å²) in [6.45, 7) is 2.14.